The first-order valence-electron chi connectivity index (χ1n) is 12.7. The Morgan fingerprint density at radius 2 is 1.82 bits per heavy atom. The van der Waals surface area contributed by atoms with Crippen LogP contribution < -0.4 is 5.32 Å². The molecule has 0 bridgehead atoms. The van der Waals surface area contributed by atoms with E-state index in [9.17, 15) is 13.2 Å². The molecule has 1 aliphatic heterocycles. The number of sulfonamides is 1. The highest BCUT2D eigenvalue weighted by atomic mass is 32.2. The maximum atomic E-state index is 13.0. The maximum absolute atomic E-state index is 13.0. The molecule has 1 atom stereocenters. The fourth-order valence-corrected chi connectivity index (χ4v) is 7.00. The number of anilines is 1. The summed E-state index contributed by atoms with van der Waals surface area (Å²) in [5.41, 5.74) is 3.38. The van der Waals surface area contributed by atoms with Crippen molar-refractivity contribution < 1.29 is 13.2 Å². The summed E-state index contributed by atoms with van der Waals surface area (Å²) in [5, 5.41) is 4.52. The predicted molar refractivity (Wildman–Crippen MR) is 153 cm³/mol. The van der Waals surface area contributed by atoms with Gasteiger partial charge in [0.1, 0.15) is 5.03 Å². The Morgan fingerprint density at radius 3 is 2.55 bits per heavy atom. The van der Waals surface area contributed by atoms with Gasteiger partial charge in [-0.3, -0.25) is 4.79 Å². The van der Waals surface area contributed by atoms with Crippen LogP contribution in [0.25, 0.3) is 22.3 Å². The van der Waals surface area contributed by atoms with E-state index in [0.717, 1.165) is 39.9 Å². The van der Waals surface area contributed by atoms with E-state index in [0.29, 0.717) is 30.5 Å². The fourth-order valence-electron chi connectivity index (χ4n) is 4.60. The SMILES string of the molecule is Cc1ccc2nc(-c3ccccc3)nc(SCC(=O)Nc3ccc(S(=O)(=O)N4CCCC(C)C4)cc3)c2c1. The van der Waals surface area contributed by atoms with Crippen LogP contribution in [-0.2, 0) is 14.8 Å². The highest BCUT2D eigenvalue weighted by molar-refractivity contribution is 8.00. The number of nitrogens with one attached hydrogen (secondary N) is 1. The van der Waals surface area contributed by atoms with E-state index in [-0.39, 0.29) is 16.6 Å². The van der Waals surface area contributed by atoms with Gasteiger partial charge >= 0.3 is 0 Å². The van der Waals surface area contributed by atoms with E-state index in [1.807, 2.05) is 55.5 Å². The molecular weight excluding hydrogens is 516 g/mol. The molecule has 1 fully saturated rings. The van der Waals surface area contributed by atoms with Crippen LogP contribution in [-0.4, -0.2) is 47.4 Å². The van der Waals surface area contributed by atoms with Gasteiger partial charge < -0.3 is 5.32 Å². The molecular formula is C29H30N4O3S2. The van der Waals surface area contributed by atoms with Crippen LogP contribution in [0.15, 0.2) is 82.7 Å². The van der Waals surface area contributed by atoms with E-state index >= 15 is 0 Å². The number of carbonyl (C=O) groups excluding carboxylic acids is 1. The Hall–Kier alpha value is -3.27. The number of hydrogen-bond donors (Lipinski definition) is 1. The molecule has 2 heterocycles. The van der Waals surface area contributed by atoms with Crippen molar-refractivity contribution in [3.05, 3.63) is 78.4 Å². The molecule has 196 valence electrons. The van der Waals surface area contributed by atoms with Crippen LogP contribution in [0.2, 0.25) is 0 Å². The second-order valence-electron chi connectivity index (χ2n) is 9.71. The van der Waals surface area contributed by atoms with Gasteiger partial charge in [-0.2, -0.15) is 4.31 Å². The average Bonchev–Trinajstić information content (AvgIpc) is 2.92. The van der Waals surface area contributed by atoms with E-state index in [1.165, 1.54) is 11.8 Å². The number of hydrogen-bond acceptors (Lipinski definition) is 6. The summed E-state index contributed by atoms with van der Waals surface area (Å²) in [4.78, 5) is 22.6. The Kier molecular flexibility index (Phi) is 7.78. The molecule has 5 rings (SSSR count). The predicted octanol–water partition coefficient (Wildman–Crippen LogP) is 5.76. The first-order chi connectivity index (χ1) is 18.3. The monoisotopic (exact) mass is 546 g/mol. The Labute approximate surface area is 227 Å². The van der Waals surface area contributed by atoms with Crippen molar-refractivity contribution in [2.45, 2.75) is 36.6 Å². The van der Waals surface area contributed by atoms with Crippen molar-refractivity contribution in [1.29, 1.82) is 0 Å². The molecule has 1 aliphatic rings. The van der Waals surface area contributed by atoms with Crippen molar-refractivity contribution in [1.82, 2.24) is 14.3 Å². The highest BCUT2D eigenvalue weighted by Gasteiger charge is 2.28. The number of thioether (sulfide) groups is 1. The molecule has 4 aromatic rings. The third-order valence-corrected chi connectivity index (χ3v) is 9.45. The number of nitrogens with zero attached hydrogens (tertiary/aromatic N) is 3. The van der Waals surface area contributed by atoms with Crippen molar-refractivity contribution in [3.8, 4) is 11.4 Å². The van der Waals surface area contributed by atoms with Gasteiger partial charge in [0.25, 0.3) is 0 Å². The Morgan fingerprint density at radius 1 is 1.05 bits per heavy atom. The summed E-state index contributed by atoms with van der Waals surface area (Å²) in [6.07, 6.45) is 1.92. The van der Waals surface area contributed by atoms with Crippen molar-refractivity contribution in [3.63, 3.8) is 0 Å². The number of piperidine rings is 1. The summed E-state index contributed by atoms with van der Waals surface area (Å²) in [7, 11) is -3.54. The molecule has 1 N–H and O–H groups in total. The molecule has 0 aliphatic carbocycles. The lowest BCUT2D eigenvalue weighted by Gasteiger charge is -2.30. The van der Waals surface area contributed by atoms with Crippen LogP contribution >= 0.6 is 11.8 Å². The Balaban J connectivity index is 1.29. The molecule has 9 heteroatoms. The smallest absolute Gasteiger partial charge is 0.243 e. The molecule has 0 spiro atoms. The zero-order valence-corrected chi connectivity index (χ0v) is 23.1. The van der Waals surface area contributed by atoms with E-state index in [1.54, 1.807) is 28.6 Å². The first kappa shape index (κ1) is 26.3. The van der Waals surface area contributed by atoms with Gasteiger partial charge in [-0.1, -0.05) is 60.6 Å². The largest absolute Gasteiger partial charge is 0.325 e. The van der Waals surface area contributed by atoms with Crippen LogP contribution in [0.5, 0.6) is 0 Å². The normalized spacial score (nSPS) is 16.4. The molecule has 0 radical (unpaired) electrons. The molecule has 1 saturated heterocycles. The lowest BCUT2D eigenvalue weighted by atomic mass is 10.0. The molecule has 0 saturated carbocycles. The third-order valence-electron chi connectivity index (χ3n) is 6.58. The fraction of sp³-hybridized carbons (Fsp3) is 0.276. The second-order valence-corrected chi connectivity index (χ2v) is 12.6. The number of amides is 1. The zero-order valence-electron chi connectivity index (χ0n) is 21.4. The maximum Gasteiger partial charge on any atom is 0.243 e. The zero-order chi connectivity index (χ0) is 26.7. The number of fused-ring (bicyclic) bond motifs is 1. The molecule has 3 aromatic carbocycles. The third kappa shape index (κ3) is 5.90. The van der Waals surface area contributed by atoms with Crippen molar-refractivity contribution in [2.24, 2.45) is 5.92 Å². The highest BCUT2D eigenvalue weighted by Crippen LogP contribution is 2.30. The Bertz CT molecular complexity index is 1560. The van der Waals surface area contributed by atoms with Crippen LogP contribution in [0.1, 0.15) is 25.3 Å². The number of aromatic nitrogens is 2. The van der Waals surface area contributed by atoms with Crippen LogP contribution in [0.3, 0.4) is 0 Å². The molecule has 7 nitrogen and oxygen atoms in total. The van der Waals surface area contributed by atoms with Gasteiger partial charge in [-0.05, 0) is 62.1 Å². The summed E-state index contributed by atoms with van der Waals surface area (Å²) in [5.74, 6) is 0.926. The summed E-state index contributed by atoms with van der Waals surface area (Å²) in [6, 6.07) is 22.2. The summed E-state index contributed by atoms with van der Waals surface area (Å²) in [6.45, 7) is 5.18. The summed E-state index contributed by atoms with van der Waals surface area (Å²) < 4.78 is 27.6. The van der Waals surface area contributed by atoms with Gasteiger partial charge in [0.05, 0.1) is 16.2 Å². The molecule has 1 aromatic heterocycles. The average molecular weight is 547 g/mol. The van der Waals surface area contributed by atoms with E-state index < -0.39 is 10.0 Å². The number of benzene rings is 3. The topological polar surface area (TPSA) is 92.3 Å². The number of carbonyl (C=O) groups is 1. The minimum Gasteiger partial charge on any atom is -0.325 e. The quantitative estimate of drug-likeness (QED) is 0.234. The van der Waals surface area contributed by atoms with Crippen LogP contribution in [0.4, 0.5) is 5.69 Å². The second kappa shape index (κ2) is 11.2. The van der Waals surface area contributed by atoms with Crippen molar-refractivity contribution in [2.75, 3.05) is 24.2 Å². The minimum atomic E-state index is -3.54. The number of aryl methyl sites for hydroxylation is 1. The van der Waals surface area contributed by atoms with E-state index in [2.05, 4.69) is 12.2 Å². The molecule has 1 amide bonds. The lowest BCUT2D eigenvalue weighted by molar-refractivity contribution is -0.113. The van der Waals surface area contributed by atoms with Crippen LogP contribution in [0, 0.1) is 12.8 Å². The van der Waals surface area contributed by atoms with Gasteiger partial charge in [0.15, 0.2) is 5.82 Å². The first-order valence-corrected chi connectivity index (χ1v) is 15.1. The minimum absolute atomic E-state index is 0.153. The lowest BCUT2D eigenvalue weighted by Crippen LogP contribution is -2.39. The molecule has 38 heavy (non-hydrogen) atoms. The number of rotatable bonds is 7. The van der Waals surface area contributed by atoms with Gasteiger partial charge in [-0.15, -0.1) is 0 Å². The van der Waals surface area contributed by atoms with Gasteiger partial charge in [-0.25, -0.2) is 18.4 Å². The molecule has 1 unspecified atom stereocenters. The standard InChI is InChI=1S/C29H30N4O3S2/c1-20-10-15-26-25(17-20)29(32-28(31-26)22-8-4-3-5-9-22)37-19-27(34)30-23-11-13-24(14-12-23)38(35,36)33-16-6-7-21(2)18-33/h3-5,8-15,17,21H,6-7,16,18-19H2,1-2H3,(H,30,34). The van der Waals surface area contributed by atoms with Gasteiger partial charge in [0, 0.05) is 29.7 Å². The van der Waals surface area contributed by atoms with Crippen molar-refractivity contribution >= 4 is 44.3 Å². The van der Waals surface area contributed by atoms with E-state index in [4.69, 9.17) is 9.97 Å². The van der Waals surface area contributed by atoms with Gasteiger partial charge in [0.2, 0.25) is 15.9 Å². The summed E-state index contributed by atoms with van der Waals surface area (Å²) >= 11 is 1.36.